The second kappa shape index (κ2) is 7.72. The molecule has 28 heavy (non-hydrogen) atoms. The summed E-state index contributed by atoms with van der Waals surface area (Å²) in [5.74, 6) is -1.02. The number of carboxylic acid groups (broad SMARTS) is 1. The van der Waals surface area contributed by atoms with E-state index in [1.54, 1.807) is 30.1 Å². The summed E-state index contributed by atoms with van der Waals surface area (Å²) >= 11 is 0. The van der Waals surface area contributed by atoms with Gasteiger partial charge in [-0.25, -0.2) is 4.79 Å². The van der Waals surface area contributed by atoms with Gasteiger partial charge in [-0.3, -0.25) is 9.59 Å². The zero-order valence-electron chi connectivity index (χ0n) is 16.0. The molecular weight excluding hydrogens is 360 g/mol. The van der Waals surface area contributed by atoms with E-state index in [0.717, 1.165) is 11.3 Å². The summed E-state index contributed by atoms with van der Waals surface area (Å²) < 4.78 is 5.68. The molecule has 2 aromatic carbocycles. The SMILES string of the molecule is CC(C)Oc1ccc(C(=O)O)cc1NC(=O)c1ccc2c(c1)CCC(=O)N2C. The predicted octanol–water partition coefficient (Wildman–Crippen LogP) is 3.33. The van der Waals surface area contributed by atoms with Crippen molar-refractivity contribution >= 4 is 29.2 Å². The molecule has 0 aromatic heterocycles. The fourth-order valence-electron chi connectivity index (χ4n) is 3.11. The molecule has 3 rings (SSSR count). The van der Waals surface area contributed by atoms with Gasteiger partial charge in [0.2, 0.25) is 5.91 Å². The lowest BCUT2D eigenvalue weighted by Crippen LogP contribution is -2.31. The van der Waals surface area contributed by atoms with Crippen molar-refractivity contribution in [1.29, 1.82) is 0 Å². The van der Waals surface area contributed by atoms with E-state index in [1.165, 1.54) is 18.2 Å². The van der Waals surface area contributed by atoms with Crippen LogP contribution in [0.15, 0.2) is 36.4 Å². The zero-order valence-corrected chi connectivity index (χ0v) is 16.0. The summed E-state index contributed by atoms with van der Waals surface area (Å²) in [6.07, 6.45) is 0.848. The van der Waals surface area contributed by atoms with Crippen LogP contribution in [0.25, 0.3) is 0 Å². The molecule has 0 atom stereocenters. The van der Waals surface area contributed by atoms with Crippen LogP contribution >= 0.6 is 0 Å². The van der Waals surface area contributed by atoms with E-state index in [0.29, 0.717) is 29.8 Å². The van der Waals surface area contributed by atoms with Gasteiger partial charge in [0.15, 0.2) is 0 Å². The fourth-order valence-corrected chi connectivity index (χ4v) is 3.11. The number of anilines is 2. The molecule has 1 heterocycles. The van der Waals surface area contributed by atoms with Crippen molar-refractivity contribution in [3.05, 3.63) is 53.1 Å². The van der Waals surface area contributed by atoms with Crippen LogP contribution in [-0.4, -0.2) is 36.0 Å². The second-order valence-corrected chi connectivity index (χ2v) is 6.93. The smallest absolute Gasteiger partial charge is 0.335 e. The average molecular weight is 382 g/mol. The van der Waals surface area contributed by atoms with E-state index in [9.17, 15) is 19.5 Å². The Morgan fingerprint density at radius 2 is 1.82 bits per heavy atom. The van der Waals surface area contributed by atoms with Crippen LogP contribution in [0.4, 0.5) is 11.4 Å². The zero-order chi connectivity index (χ0) is 20.4. The Labute approximate surface area is 162 Å². The number of hydrogen-bond donors (Lipinski definition) is 2. The average Bonchev–Trinajstić information content (AvgIpc) is 2.65. The van der Waals surface area contributed by atoms with Crippen LogP contribution < -0.4 is 15.0 Å². The van der Waals surface area contributed by atoms with Gasteiger partial charge in [0, 0.05) is 24.7 Å². The minimum Gasteiger partial charge on any atom is -0.489 e. The van der Waals surface area contributed by atoms with Gasteiger partial charge in [-0.15, -0.1) is 0 Å². The van der Waals surface area contributed by atoms with Crippen molar-refractivity contribution in [2.75, 3.05) is 17.3 Å². The standard InChI is InChI=1S/C21H22N2O5/c1-12(2)28-18-8-5-15(21(26)27)11-16(18)22-20(25)14-4-7-17-13(10-14)6-9-19(24)23(17)3/h4-5,7-8,10-12H,6,9H2,1-3H3,(H,22,25)(H,26,27). The number of nitrogens with zero attached hydrogens (tertiary/aromatic N) is 1. The molecular formula is C21H22N2O5. The van der Waals surface area contributed by atoms with E-state index in [4.69, 9.17) is 4.74 Å². The number of nitrogens with one attached hydrogen (secondary N) is 1. The molecule has 0 saturated carbocycles. The van der Waals surface area contributed by atoms with Gasteiger partial charge >= 0.3 is 5.97 Å². The van der Waals surface area contributed by atoms with Crippen LogP contribution in [-0.2, 0) is 11.2 Å². The number of benzene rings is 2. The Morgan fingerprint density at radius 1 is 1.11 bits per heavy atom. The van der Waals surface area contributed by atoms with Crippen LogP contribution in [0.2, 0.25) is 0 Å². The van der Waals surface area contributed by atoms with Crippen molar-refractivity contribution in [3.63, 3.8) is 0 Å². The van der Waals surface area contributed by atoms with Crippen LogP contribution in [0.1, 0.15) is 46.5 Å². The minimum absolute atomic E-state index is 0.0469. The lowest BCUT2D eigenvalue weighted by molar-refractivity contribution is -0.118. The summed E-state index contributed by atoms with van der Waals surface area (Å²) in [5.41, 5.74) is 2.50. The van der Waals surface area contributed by atoms with Crippen molar-refractivity contribution in [2.24, 2.45) is 0 Å². The molecule has 0 spiro atoms. The molecule has 0 aliphatic carbocycles. The number of aromatic carboxylic acids is 1. The highest BCUT2D eigenvalue weighted by atomic mass is 16.5. The van der Waals surface area contributed by atoms with E-state index in [1.807, 2.05) is 13.8 Å². The normalized spacial score (nSPS) is 13.3. The summed E-state index contributed by atoms with van der Waals surface area (Å²) in [6, 6.07) is 9.50. The Morgan fingerprint density at radius 3 is 2.50 bits per heavy atom. The number of ether oxygens (including phenoxy) is 1. The third-order valence-electron chi connectivity index (χ3n) is 4.52. The van der Waals surface area contributed by atoms with Gasteiger partial charge in [-0.2, -0.15) is 0 Å². The maximum atomic E-state index is 12.8. The summed E-state index contributed by atoms with van der Waals surface area (Å²) in [7, 11) is 1.72. The molecule has 1 aliphatic rings. The number of carbonyl (C=O) groups excluding carboxylic acids is 2. The van der Waals surface area contributed by atoms with Crippen LogP contribution in [0.3, 0.4) is 0 Å². The predicted molar refractivity (Wildman–Crippen MR) is 105 cm³/mol. The van der Waals surface area contributed by atoms with E-state index in [2.05, 4.69) is 5.32 Å². The Kier molecular flexibility index (Phi) is 5.35. The quantitative estimate of drug-likeness (QED) is 0.827. The molecule has 0 bridgehead atoms. The Bertz CT molecular complexity index is 952. The maximum Gasteiger partial charge on any atom is 0.335 e. The highest BCUT2D eigenvalue weighted by Crippen LogP contribution is 2.30. The molecule has 0 saturated heterocycles. The van der Waals surface area contributed by atoms with Crippen molar-refractivity contribution < 1.29 is 24.2 Å². The first-order valence-electron chi connectivity index (χ1n) is 9.01. The first-order valence-corrected chi connectivity index (χ1v) is 9.01. The van der Waals surface area contributed by atoms with Gasteiger partial charge in [-0.05, 0) is 62.2 Å². The molecule has 0 radical (unpaired) electrons. The minimum atomic E-state index is -1.09. The maximum absolute atomic E-state index is 12.8. The number of carboxylic acids is 1. The second-order valence-electron chi connectivity index (χ2n) is 6.93. The van der Waals surface area contributed by atoms with Crippen molar-refractivity contribution in [3.8, 4) is 5.75 Å². The van der Waals surface area contributed by atoms with Crippen LogP contribution in [0.5, 0.6) is 5.75 Å². The number of carbonyl (C=O) groups is 3. The Balaban J connectivity index is 1.89. The first kappa shape index (κ1) is 19.4. The third-order valence-corrected chi connectivity index (χ3v) is 4.52. The summed E-state index contributed by atoms with van der Waals surface area (Å²) in [5, 5.41) is 12.0. The first-order chi connectivity index (χ1) is 13.3. The van der Waals surface area contributed by atoms with Crippen molar-refractivity contribution in [2.45, 2.75) is 32.8 Å². The summed E-state index contributed by atoms with van der Waals surface area (Å²) in [4.78, 5) is 37.4. The van der Waals surface area contributed by atoms with Crippen LogP contribution in [0, 0.1) is 0 Å². The molecule has 7 nitrogen and oxygen atoms in total. The molecule has 0 unspecified atom stereocenters. The Hall–Kier alpha value is -3.35. The van der Waals surface area contributed by atoms with Gasteiger partial charge in [-0.1, -0.05) is 0 Å². The number of rotatable bonds is 5. The topological polar surface area (TPSA) is 95.9 Å². The van der Waals surface area contributed by atoms with E-state index < -0.39 is 5.97 Å². The van der Waals surface area contributed by atoms with Gasteiger partial charge in [0.25, 0.3) is 5.91 Å². The van der Waals surface area contributed by atoms with Gasteiger partial charge in [0.05, 0.1) is 17.4 Å². The molecule has 7 heteroatoms. The lowest BCUT2D eigenvalue weighted by Gasteiger charge is -2.26. The molecule has 2 N–H and O–H groups in total. The highest BCUT2D eigenvalue weighted by molar-refractivity contribution is 6.06. The number of aryl methyl sites for hydroxylation is 1. The molecule has 1 aliphatic heterocycles. The number of fused-ring (bicyclic) bond motifs is 1. The lowest BCUT2D eigenvalue weighted by atomic mass is 9.99. The summed E-state index contributed by atoms with van der Waals surface area (Å²) in [6.45, 7) is 3.69. The number of amides is 2. The van der Waals surface area contributed by atoms with Crippen molar-refractivity contribution in [1.82, 2.24) is 0 Å². The molecule has 2 aromatic rings. The molecule has 146 valence electrons. The molecule has 2 amide bonds. The monoisotopic (exact) mass is 382 g/mol. The van der Waals surface area contributed by atoms with E-state index in [-0.39, 0.29) is 23.5 Å². The fraction of sp³-hybridized carbons (Fsp3) is 0.286. The van der Waals surface area contributed by atoms with Gasteiger partial charge in [0.1, 0.15) is 5.75 Å². The number of hydrogen-bond acceptors (Lipinski definition) is 4. The highest BCUT2D eigenvalue weighted by Gasteiger charge is 2.22. The third kappa shape index (κ3) is 3.98. The van der Waals surface area contributed by atoms with Gasteiger partial charge < -0.3 is 20.1 Å². The largest absolute Gasteiger partial charge is 0.489 e. The van der Waals surface area contributed by atoms with E-state index >= 15 is 0 Å². The molecule has 0 fully saturated rings.